The van der Waals surface area contributed by atoms with Crippen LogP contribution in [0.15, 0.2) is 30.3 Å². The molecule has 1 aromatic rings. The van der Waals surface area contributed by atoms with Crippen LogP contribution in [-0.2, 0) is 25.6 Å². The molecule has 0 aliphatic carbocycles. The molecule has 0 saturated heterocycles. The highest BCUT2D eigenvalue weighted by atomic mass is 32.2. The van der Waals surface area contributed by atoms with Crippen LogP contribution in [0.3, 0.4) is 0 Å². The summed E-state index contributed by atoms with van der Waals surface area (Å²) in [7, 11) is 0. The maximum Gasteiger partial charge on any atom is 0.326 e. The smallest absolute Gasteiger partial charge is 0.326 e. The number of carbonyl (C=O) groups is 4. The Bertz CT molecular complexity index is 718. The number of aliphatic carboxylic acids is 1. The van der Waals surface area contributed by atoms with Gasteiger partial charge in [-0.1, -0.05) is 30.3 Å². The zero-order valence-electron chi connectivity index (χ0n) is 16.7. The molecule has 3 amide bonds. The maximum atomic E-state index is 12.6. The molecule has 166 valence electrons. The molecule has 30 heavy (non-hydrogen) atoms. The average Bonchev–Trinajstić information content (AvgIpc) is 2.74. The number of nitrogens with two attached hydrogens (primary N) is 1. The topological polar surface area (TPSA) is 171 Å². The van der Waals surface area contributed by atoms with Crippen molar-refractivity contribution in [3.63, 3.8) is 0 Å². The first-order chi connectivity index (χ1) is 14.3. The minimum atomic E-state index is -1.19. The van der Waals surface area contributed by atoms with Gasteiger partial charge in [-0.3, -0.25) is 14.4 Å². The molecule has 0 aromatic heterocycles. The van der Waals surface area contributed by atoms with E-state index in [2.05, 4.69) is 16.0 Å². The Morgan fingerprint density at radius 3 is 2.30 bits per heavy atom. The summed E-state index contributed by atoms with van der Waals surface area (Å²) < 4.78 is 0. The lowest BCUT2D eigenvalue weighted by Gasteiger charge is -2.20. The van der Waals surface area contributed by atoms with E-state index in [0.717, 1.165) is 5.56 Å². The van der Waals surface area contributed by atoms with E-state index in [1.807, 2.05) is 6.26 Å². The molecule has 0 aliphatic heterocycles. The second kappa shape index (κ2) is 13.6. The summed E-state index contributed by atoms with van der Waals surface area (Å²) >= 11 is 1.45. The van der Waals surface area contributed by atoms with Crippen molar-refractivity contribution in [1.82, 2.24) is 16.0 Å². The van der Waals surface area contributed by atoms with Crippen LogP contribution >= 0.6 is 11.8 Å². The molecule has 0 heterocycles. The summed E-state index contributed by atoms with van der Waals surface area (Å²) in [5, 5.41) is 25.4. The van der Waals surface area contributed by atoms with E-state index < -0.39 is 55.0 Å². The Morgan fingerprint density at radius 1 is 1.07 bits per heavy atom. The molecule has 0 bridgehead atoms. The Morgan fingerprint density at radius 2 is 1.73 bits per heavy atom. The quantitative estimate of drug-likeness (QED) is 0.214. The van der Waals surface area contributed by atoms with Crippen LogP contribution in [0.4, 0.5) is 0 Å². The summed E-state index contributed by atoms with van der Waals surface area (Å²) in [4.78, 5) is 47.8. The Kier molecular flexibility index (Phi) is 11.5. The largest absolute Gasteiger partial charge is 0.480 e. The molecular weight excluding hydrogens is 412 g/mol. The summed E-state index contributed by atoms with van der Waals surface area (Å²) in [6.07, 6.45) is 2.22. The van der Waals surface area contributed by atoms with Gasteiger partial charge in [0.25, 0.3) is 0 Å². The van der Waals surface area contributed by atoms with Gasteiger partial charge in [-0.15, -0.1) is 0 Å². The zero-order chi connectivity index (χ0) is 22.5. The van der Waals surface area contributed by atoms with Gasteiger partial charge in [0, 0.05) is 6.42 Å². The first-order valence-corrected chi connectivity index (χ1v) is 10.7. The van der Waals surface area contributed by atoms with Crippen molar-refractivity contribution in [3.8, 4) is 0 Å². The monoisotopic (exact) mass is 440 g/mol. The number of thioether (sulfide) groups is 1. The van der Waals surface area contributed by atoms with Gasteiger partial charge in [0.15, 0.2) is 0 Å². The number of carboxylic acids is 1. The van der Waals surface area contributed by atoms with Crippen molar-refractivity contribution < 1.29 is 29.4 Å². The lowest BCUT2D eigenvalue weighted by molar-refractivity contribution is -0.141. The van der Waals surface area contributed by atoms with Crippen molar-refractivity contribution >= 4 is 35.5 Å². The highest BCUT2D eigenvalue weighted by Gasteiger charge is 2.25. The first kappa shape index (κ1) is 25.4. The molecule has 1 aromatic carbocycles. The molecule has 7 N–H and O–H groups in total. The van der Waals surface area contributed by atoms with Gasteiger partial charge >= 0.3 is 5.97 Å². The van der Waals surface area contributed by atoms with Crippen LogP contribution in [-0.4, -0.2) is 77.2 Å². The van der Waals surface area contributed by atoms with Crippen LogP contribution in [0.1, 0.15) is 12.0 Å². The predicted octanol–water partition coefficient (Wildman–Crippen LogP) is -1.53. The summed E-state index contributed by atoms with van der Waals surface area (Å²) in [6, 6.07) is 5.63. The van der Waals surface area contributed by atoms with Crippen LogP contribution in [0, 0.1) is 0 Å². The second-order valence-corrected chi connectivity index (χ2v) is 7.48. The lowest BCUT2D eigenvalue weighted by Crippen LogP contribution is -2.54. The van der Waals surface area contributed by atoms with Crippen LogP contribution < -0.4 is 21.7 Å². The van der Waals surface area contributed by atoms with Crippen molar-refractivity contribution in [1.29, 1.82) is 0 Å². The van der Waals surface area contributed by atoms with Gasteiger partial charge < -0.3 is 31.9 Å². The van der Waals surface area contributed by atoms with Gasteiger partial charge in [0.1, 0.15) is 18.1 Å². The minimum absolute atomic E-state index is 0.143. The molecule has 0 saturated carbocycles. The number of carbonyl (C=O) groups excluding carboxylic acids is 3. The van der Waals surface area contributed by atoms with Crippen molar-refractivity contribution in [2.45, 2.75) is 31.0 Å². The SMILES string of the molecule is CSCCC(NC(=O)CNC(=O)C(Cc1ccccc1)NC(=O)C(N)CO)C(=O)O. The molecule has 0 aliphatic rings. The van der Waals surface area contributed by atoms with E-state index >= 15 is 0 Å². The fourth-order valence-corrected chi connectivity index (χ4v) is 2.92. The number of rotatable bonds is 13. The van der Waals surface area contributed by atoms with E-state index in [0.29, 0.717) is 5.75 Å². The van der Waals surface area contributed by atoms with E-state index in [-0.39, 0.29) is 12.8 Å². The summed E-state index contributed by atoms with van der Waals surface area (Å²) in [5.74, 6) is -2.60. The van der Waals surface area contributed by atoms with Crippen LogP contribution in [0.2, 0.25) is 0 Å². The molecule has 11 heteroatoms. The zero-order valence-corrected chi connectivity index (χ0v) is 17.5. The number of nitrogens with one attached hydrogen (secondary N) is 3. The Labute approximate surface area is 179 Å². The molecule has 0 radical (unpaired) electrons. The number of hydrogen-bond acceptors (Lipinski definition) is 7. The normalized spacial score (nSPS) is 13.6. The van der Waals surface area contributed by atoms with Crippen LogP contribution in [0.25, 0.3) is 0 Å². The molecule has 3 atom stereocenters. The van der Waals surface area contributed by atoms with E-state index in [1.54, 1.807) is 30.3 Å². The molecule has 3 unspecified atom stereocenters. The Hall–Kier alpha value is -2.63. The van der Waals surface area contributed by atoms with Gasteiger partial charge in [-0.2, -0.15) is 11.8 Å². The van der Waals surface area contributed by atoms with Crippen LogP contribution in [0.5, 0.6) is 0 Å². The third kappa shape index (κ3) is 9.25. The standard InChI is InChI=1S/C19H28N4O6S/c1-30-8-7-14(19(28)29)22-16(25)10-21-18(27)15(23-17(26)13(20)11-24)9-12-5-3-2-4-6-12/h2-6,13-15,24H,7-11,20H2,1H3,(H,21,27)(H,22,25)(H,23,26)(H,28,29). The fourth-order valence-electron chi connectivity index (χ4n) is 2.45. The van der Waals surface area contributed by atoms with Crippen molar-refractivity contribution in [2.75, 3.05) is 25.2 Å². The minimum Gasteiger partial charge on any atom is -0.480 e. The lowest BCUT2D eigenvalue weighted by atomic mass is 10.0. The molecule has 10 nitrogen and oxygen atoms in total. The van der Waals surface area contributed by atoms with Crippen molar-refractivity contribution in [3.05, 3.63) is 35.9 Å². The number of carboxylic acid groups (broad SMARTS) is 1. The van der Waals surface area contributed by atoms with Gasteiger partial charge in [0.05, 0.1) is 13.2 Å². The molecule has 0 fully saturated rings. The van der Waals surface area contributed by atoms with E-state index in [1.165, 1.54) is 11.8 Å². The third-order valence-corrected chi connectivity index (χ3v) is 4.76. The molecule has 0 spiro atoms. The number of amides is 3. The van der Waals surface area contributed by atoms with E-state index in [9.17, 15) is 19.2 Å². The number of benzene rings is 1. The van der Waals surface area contributed by atoms with E-state index in [4.69, 9.17) is 15.9 Å². The molecule has 1 rings (SSSR count). The fraction of sp³-hybridized carbons (Fsp3) is 0.474. The van der Waals surface area contributed by atoms with Crippen molar-refractivity contribution in [2.24, 2.45) is 5.73 Å². The second-order valence-electron chi connectivity index (χ2n) is 6.50. The summed E-state index contributed by atoms with van der Waals surface area (Å²) in [6.45, 7) is -1.03. The number of aliphatic hydroxyl groups excluding tert-OH is 1. The highest BCUT2D eigenvalue weighted by molar-refractivity contribution is 7.98. The predicted molar refractivity (Wildman–Crippen MR) is 113 cm³/mol. The average molecular weight is 441 g/mol. The number of hydrogen-bond donors (Lipinski definition) is 6. The summed E-state index contributed by atoms with van der Waals surface area (Å²) in [5.41, 5.74) is 6.26. The molecular formula is C19H28N4O6S. The van der Waals surface area contributed by atoms with Gasteiger partial charge in [-0.05, 0) is 24.0 Å². The number of aliphatic hydroxyl groups is 1. The third-order valence-electron chi connectivity index (χ3n) is 4.12. The highest BCUT2D eigenvalue weighted by Crippen LogP contribution is 2.04. The van der Waals surface area contributed by atoms with Gasteiger partial charge in [-0.25, -0.2) is 4.79 Å². The van der Waals surface area contributed by atoms with Gasteiger partial charge in [0.2, 0.25) is 17.7 Å². The maximum absolute atomic E-state index is 12.6. The first-order valence-electron chi connectivity index (χ1n) is 9.28. The Balaban J connectivity index is 2.72.